The Balaban J connectivity index is 0. The summed E-state index contributed by atoms with van der Waals surface area (Å²) in [7, 11) is 3.44. The van der Waals surface area contributed by atoms with E-state index in [0.717, 1.165) is 25.7 Å². The van der Waals surface area contributed by atoms with Crippen molar-refractivity contribution in [1.82, 2.24) is 0 Å². The fourth-order valence-corrected chi connectivity index (χ4v) is 5.56. The Morgan fingerprint density at radius 1 is 0.744 bits per heavy atom. The van der Waals surface area contributed by atoms with E-state index in [1.807, 2.05) is 28.1 Å². The molecule has 0 aliphatic rings. The monoisotopic (exact) mass is 574 g/mol. The number of unbranched alkanes of at least 4 members (excludes halogenated alkanes) is 15. The van der Waals surface area contributed by atoms with Crippen LogP contribution in [0, 0.1) is 0 Å². The van der Waals surface area contributed by atoms with Gasteiger partial charge in [0.1, 0.15) is 6.10 Å². The largest absolute Gasteiger partial charge is 0.591 e. The average Bonchev–Trinajstić information content (AvgIpc) is 2.87. The molecule has 4 unspecified atom stereocenters. The maximum Gasteiger partial charge on any atom is 0.373 e. The number of rotatable bonds is 25. The number of carbonyl (C=O) groups is 1. The lowest BCUT2D eigenvalue weighted by Gasteiger charge is -2.27. The Hall–Kier alpha value is -0.650. The summed E-state index contributed by atoms with van der Waals surface area (Å²) in [5.41, 5.74) is 0. The molecule has 0 heterocycles. The second kappa shape index (κ2) is 27.5. The predicted octanol–water partition coefficient (Wildman–Crippen LogP) is 7.82. The number of hydrogen-bond donors (Lipinski definition) is 2. The van der Waals surface area contributed by atoms with Crippen LogP contribution in [0.5, 0.6) is 0 Å². The van der Waals surface area contributed by atoms with Gasteiger partial charge in [-0.1, -0.05) is 108 Å². The lowest BCUT2D eigenvalue weighted by atomic mass is 10.0. The van der Waals surface area contributed by atoms with Gasteiger partial charge in [0.05, 0.1) is 27.2 Å². The van der Waals surface area contributed by atoms with Gasteiger partial charge in [-0.05, 0) is 45.4 Å². The Kier molecular flexibility index (Phi) is 28.6. The first-order chi connectivity index (χ1) is 18.5. The first kappa shape index (κ1) is 40.5. The summed E-state index contributed by atoms with van der Waals surface area (Å²) in [5.74, 6) is -0.453. The van der Waals surface area contributed by atoms with Crippen molar-refractivity contribution in [2.45, 2.75) is 167 Å². The van der Waals surface area contributed by atoms with Crippen LogP contribution in [0.4, 0.5) is 0 Å². The van der Waals surface area contributed by atoms with Crippen LogP contribution in [0.3, 0.4) is 0 Å². The van der Waals surface area contributed by atoms with Crippen LogP contribution in [-0.4, -0.2) is 59.6 Å². The summed E-state index contributed by atoms with van der Waals surface area (Å²) in [5, 5.41) is 18.6. The van der Waals surface area contributed by atoms with Crippen LogP contribution in [0.15, 0.2) is 12.2 Å². The maximum atomic E-state index is 11.6. The first-order valence-corrected chi connectivity index (χ1v) is 17.2. The van der Waals surface area contributed by atoms with E-state index in [4.69, 9.17) is 0 Å². The third-order valence-corrected chi connectivity index (χ3v) is 8.59. The zero-order valence-electron chi connectivity index (χ0n) is 26.5. The maximum absolute atomic E-state index is 11.6. The summed E-state index contributed by atoms with van der Waals surface area (Å²) in [6, 6.07) is 0. The van der Waals surface area contributed by atoms with Gasteiger partial charge < -0.3 is 15.1 Å². The number of ketones is 1. The van der Waals surface area contributed by atoms with E-state index >= 15 is 0 Å². The Bertz CT molecular complexity index is 604. The van der Waals surface area contributed by atoms with Crippen molar-refractivity contribution in [2.75, 3.05) is 21.1 Å². The Morgan fingerprint density at radius 3 is 1.49 bits per heavy atom. The molecule has 2 N–H and O–H groups in total. The lowest BCUT2D eigenvalue weighted by molar-refractivity contribution is -0.883. The van der Waals surface area contributed by atoms with Crippen LogP contribution in [0.1, 0.15) is 149 Å². The number of nitrogens with zero attached hydrogens (tertiary/aromatic N) is 1. The van der Waals surface area contributed by atoms with E-state index in [1.165, 1.54) is 103 Å². The highest BCUT2D eigenvalue weighted by Gasteiger charge is 2.33. The summed E-state index contributed by atoms with van der Waals surface area (Å²) < 4.78 is 11.3. The van der Waals surface area contributed by atoms with Crippen LogP contribution < -0.4 is 4.89 Å². The standard InChI is InChI=1S/C25H48O3.C7H17NO2P/c1-3-4-5-6-7-8-9-10-11-12-13-14-15-16-17-18-19-20-21-22-24(27)25(28)23(2)26;1-5-6-7(11(9)10)8(2,3)4/h10-11,23,25-26,28H,3-9,12-22H2,1-2H3;7H,5-6H2,1-4H3/q;+1/b11-10-;. The number of Topliss-reactive ketones (excluding diaryl/α,β-unsaturated/α-hetero) is 1. The highest BCUT2D eigenvalue weighted by molar-refractivity contribution is 7.37. The van der Waals surface area contributed by atoms with E-state index in [2.05, 4.69) is 19.1 Å². The topological polar surface area (TPSA) is 97.7 Å². The van der Waals surface area contributed by atoms with E-state index in [0.29, 0.717) is 10.9 Å². The van der Waals surface area contributed by atoms with E-state index in [-0.39, 0.29) is 11.6 Å². The van der Waals surface area contributed by atoms with Crippen LogP contribution in [-0.2, 0) is 9.36 Å². The summed E-state index contributed by atoms with van der Waals surface area (Å²) in [6.07, 6.45) is 26.3. The molecule has 4 atom stereocenters. The third-order valence-electron chi connectivity index (χ3n) is 7.16. The van der Waals surface area contributed by atoms with Gasteiger partial charge in [-0.2, -0.15) is 0 Å². The van der Waals surface area contributed by atoms with Gasteiger partial charge in [0.15, 0.2) is 5.78 Å². The van der Waals surface area contributed by atoms with E-state index in [9.17, 15) is 24.5 Å². The van der Waals surface area contributed by atoms with Crippen molar-refractivity contribution in [3.05, 3.63) is 12.2 Å². The molecule has 0 aromatic carbocycles. The molecule has 0 radical (unpaired) electrons. The number of aliphatic hydroxyl groups is 2. The zero-order valence-corrected chi connectivity index (χ0v) is 27.4. The molecule has 0 aromatic heterocycles. The van der Waals surface area contributed by atoms with Gasteiger partial charge in [0, 0.05) is 12.8 Å². The Morgan fingerprint density at radius 2 is 1.15 bits per heavy atom. The number of aliphatic hydroxyl groups excluding tert-OH is 2. The van der Waals surface area contributed by atoms with E-state index in [1.54, 1.807) is 0 Å². The first-order valence-electron chi connectivity index (χ1n) is 16.0. The van der Waals surface area contributed by atoms with Crippen LogP contribution in [0.25, 0.3) is 0 Å². The molecule has 0 aliphatic heterocycles. The molecule has 0 fully saturated rings. The molecule has 0 rings (SSSR count). The summed E-state index contributed by atoms with van der Waals surface area (Å²) in [4.78, 5) is 22.3. The van der Waals surface area contributed by atoms with Crippen LogP contribution >= 0.6 is 8.03 Å². The number of quaternary nitrogens is 1. The predicted molar refractivity (Wildman–Crippen MR) is 165 cm³/mol. The molecule has 0 amide bonds. The van der Waals surface area contributed by atoms with Crippen molar-refractivity contribution >= 4 is 13.8 Å². The molecule has 0 spiro atoms. The highest BCUT2D eigenvalue weighted by atomic mass is 31.1. The minimum atomic E-state index is -2.29. The molecule has 0 saturated carbocycles. The fourth-order valence-electron chi connectivity index (χ4n) is 4.53. The normalized spacial score (nSPS) is 14.5. The smallest absolute Gasteiger partial charge is 0.373 e. The molecule has 0 aliphatic carbocycles. The number of carbonyl (C=O) groups excluding carboxylic acids is 1. The van der Waals surface area contributed by atoms with Gasteiger partial charge in [-0.15, -0.1) is 0 Å². The lowest BCUT2D eigenvalue weighted by Crippen LogP contribution is -2.44. The van der Waals surface area contributed by atoms with Gasteiger partial charge in [0.25, 0.3) is 5.78 Å². The third kappa shape index (κ3) is 27.3. The summed E-state index contributed by atoms with van der Waals surface area (Å²) >= 11 is 0. The second-order valence-electron chi connectivity index (χ2n) is 12.1. The average molecular weight is 575 g/mol. The zero-order chi connectivity index (χ0) is 29.9. The van der Waals surface area contributed by atoms with Crippen LogP contribution in [0.2, 0.25) is 0 Å². The molecular formula is C32H65NO5P+. The molecule has 0 aromatic rings. The Labute approximate surface area is 243 Å². The van der Waals surface area contributed by atoms with Crippen molar-refractivity contribution < 1.29 is 28.9 Å². The number of allylic oxidation sites excluding steroid dienone is 2. The van der Waals surface area contributed by atoms with Gasteiger partial charge in [0.2, 0.25) is 0 Å². The SMILES string of the molecule is CCCC([P+](=O)[O-])[N+](C)(C)C.CCCCCCCC/C=C\CCCCCCCCCCCC(=O)C(O)C(C)O. The molecular weight excluding hydrogens is 509 g/mol. The van der Waals surface area contributed by atoms with E-state index < -0.39 is 20.2 Å². The molecule has 0 saturated heterocycles. The molecule has 7 heteroatoms. The van der Waals surface area contributed by atoms with Crippen molar-refractivity contribution in [3.8, 4) is 0 Å². The molecule has 6 nitrogen and oxygen atoms in total. The van der Waals surface area contributed by atoms with Gasteiger partial charge in [-0.3, -0.25) is 9.28 Å². The highest BCUT2D eigenvalue weighted by Crippen LogP contribution is 2.28. The summed E-state index contributed by atoms with van der Waals surface area (Å²) in [6.45, 7) is 5.72. The minimum absolute atomic E-state index is 0.226. The van der Waals surface area contributed by atoms with Crippen molar-refractivity contribution in [3.63, 3.8) is 0 Å². The van der Waals surface area contributed by atoms with Gasteiger partial charge in [-0.25, -0.2) is 0 Å². The fraction of sp³-hybridized carbons (Fsp3) is 0.906. The quantitative estimate of drug-likeness (QED) is 0.0501. The van der Waals surface area contributed by atoms with Crippen molar-refractivity contribution in [1.29, 1.82) is 0 Å². The molecule has 0 bridgehead atoms. The van der Waals surface area contributed by atoms with Gasteiger partial charge >= 0.3 is 8.03 Å². The minimum Gasteiger partial charge on any atom is -0.591 e. The second-order valence-corrected chi connectivity index (χ2v) is 13.2. The molecule has 39 heavy (non-hydrogen) atoms. The number of hydrogen-bond acceptors (Lipinski definition) is 5. The van der Waals surface area contributed by atoms with Crippen molar-refractivity contribution in [2.24, 2.45) is 0 Å². The molecule has 232 valence electrons.